The second-order valence-corrected chi connectivity index (χ2v) is 11.9. The van der Waals surface area contributed by atoms with Crippen molar-refractivity contribution in [2.45, 2.75) is 51.0 Å². The third kappa shape index (κ3) is 6.58. The van der Waals surface area contributed by atoms with Crippen LogP contribution in [0.3, 0.4) is 0 Å². The number of nitrogens with one attached hydrogen (secondary N) is 1. The van der Waals surface area contributed by atoms with Crippen LogP contribution in [0.1, 0.15) is 50.1 Å². The summed E-state index contributed by atoms with van der Waals surface area (Å²) in [5.74, 6) is -2.75. The van der Waals surface area contributed by atoms with Gasteiger partial charge in [0.1, 0.15) is 11.7 Å². The van der Waals surface area contributed by atoms with Crippen molar-refractivity contribution in [2.75, 3.05) is 5.73 Å². The van der Waals surface area contributed by atoms with Crippen LogP contribution in [0, 0.1) is 0 Å². The molecular formula is C27H29N5O8S2. The Hall–Kier alpha value is -4.34. The number of oxime groups is 1. The van der Waals surface area contributed by atoms with Gasteiger partial charge < -0.3 is 20.6 Å². The summed E-state index contributed by atoms with van der Waals surface area (Å²) < 4.78 is 38.6. The van der Waals surface area contributed by atoms with Crippen LogP contribution < -0.4 is 11.1 Å². The maximum Gasteiger partial charge on any atom is 0.362 e. The van der Waals surface area contributed by atoms with Crippen LogP contribution in [0.5, 0.6) is 0 Å². The van der Waals surface area contributed by atoms with Crippen molar-refractivity contribution in [3.63, 3.8) is 0 Å². The fourth-order valence-electron chi connectivity index (χ4n) is 4.20. The molecular weight excluding hydrogens is 586 g/mol. The molecule has 2 heterocycles. The van der Waals surface area contributed by atoms with E-state index in [4.69, 9.17) is 15.3 Å². The van der Waals surface area contributed by atoms with E-state index in [1.165, 1.54) is 19.2 Å². The first-order valence-corrected chi connectivity index (χ1v) is 15.0. The maximum absolute atomic E-state index is 13.4. The first-order chi connectivity index (χ1) is 19.8. The molecule has 1 aliphatic heterocycles. The molecule has 222 valence electrons. The molecule has 0 radical (unpaired) electrons. The average Bonchev–Trinajstić information content (AvgIpc) is 3.38. The molecule has 1 aromatic heterocycles. The van der Waals surface area contributed by atoms with Crippen LogP contribution in [-0.4, -0.2) is 63.4 Å². The van der Waals surface area contributed by atoms with Gasteiger partial charge in [-0.25, -0.2) is 14.1 Å². The van der Waals surface area contributed by atoms with E-state index in [0.717, 1.165) is 22.5 Å². The smallest absolute Gasteiger partial charge is 0.362 e. The van der Waals surface area contributed by atoms with Crippen LogP contribution in [0.25, 0.3) is 0 Å². The molecule has 0 unspecified atom stereocenters. The van der Waals surface area contributed by atoms with Gasteiger partial charge in [-0.05, 0) is 31.4 Å². The van der Waals surface area contributed by atoms with E-state index in [0.29, 0.717) is 4.31 Å². The summed E-state index contributed by atoms with van der Waals surface area (Å²) in [6.45, 7) is 4.40. The van der Waals surface area contributed by atoms with E-state index in [1.54, 1.807) is 6.92 Å². The Kier molecular flexibility index (Phi) is 8.94. The second kappa shape index (κ2) is 12.3. The van der Waals surface area contributed by atoms with E-state index >= 15 is 0 Å². The highest BCUT2D eigenvalue weighted by Crippen LogP contribution is 2.29. The van der Waals surface area contributed by atoms with Gasteiger partial charge in [0.25, 0.3) is 11.8 Å². The van der Waals surface area contributed by atoms with Crippen molar-refractivity contribution in [2.24, 2.45) is 5.16 Å². The van der Waals surface area contributed by atoms with Crippen molar-refractivity contribution in [1.82, 2.24) is 14.6 Å². The summed E-state index contributed by atoms with van der Waals surface area (Å²) in [5, 5.41) is 7.85. The van der Waals surface area contributed by atoms with Crippen LogP contribution in [-0.2, 0) is 34.3 Å². The number of benzene rings is 2. The van der Waals surface area contributed by atoms with Crippen molar-refractivity contribution in [3.8, 4) is 0 Å². The number of aromatic nitrogens is 1. The van der Waals surface area contributed by atoms with Gasteiger partial charge >= 0.3 is 16.3 Å². The quantitative estimate of drug-likeness (QED) is 0.0949. The van der Waals surface area contributed by atoms with Crippen molar-refractivity contribution >= 4 is 50.3 Å². The molecule has 0 aliphatic carbocycles. The van der Waals surface area contributed by atoms with Crippen molar-refractivity contribution < 1.29 is 36.9 Å². The minimum Gasteiger partial charge on any atom is -0.450 e. The molecule has 4 N–H and O–H groups in total. The van der Waals surface area contributed by atoms with Gasteiger partial charge in [-0.15, -0.1) is 11.3 Å². The zero-order chi connectivity index (χ0) is 30.7. The normalized spacial score (nSPS) is 17.5. The Bertz CT molecular complexity index is 1550. The lowest BCUT2D eigenvalue weighted by Crippen LogP contribution is -2.72. The van der Waals surface area contributed by atoms with Crippen molar-refractivity contribution in [3.05, 3.63) is 82.9 Å². The van der Waals surface area contributed by atoms with E-state index in [9.17, 15) is 27.4 Å². The van der Waals surface area contributed by atoms with Gasteiger partial charge in [-0.3, -0.25) is 14.1 Å². The fourth-order valence-corrected chi connectivity index (χ4v) is 5.70. The zero-order valence-corrected chi connectivity index (χ0v) is 24.5. The molecule has 1 saturated heterocycles. The lowest BCUT2D eigenvalue weighted by atomic mass is 9.96. The molecule has 42 heavy (non-hydrogen) atoms. The largest absolute Gasteiger partial charge is 0.450 e. The summed E-state index contributed by atoms with van der Waals surface area (Å²) in [5.41, 5.74) is 5.07. The molecule has 2 amide bonds. The number of hydrogen-bond acceptors (Lipinski definition) is 11. The lowest BCUT2D eigenvalue weighted by molar-refractivity contribution is -0.172. The Morgan fingerprint density at radius 2 is 1.71 bits per heavy atom. The molecule has 4 rings (SSSR count). The third-order valence-electron chi connectivity index (χ3n) is 6.39. The van der Waals surface area contributed by atoms with Crippen LogP contribution in [0.15, 0.2) is 71.2 Å². The van der Waals surface area contributed by atoms with Gasteiger partial charge in [0, 0.05) is 5.38 Å². The number of nitrogens with zero attached hydrogens (tertiary/aromatic N) is 3. The number of nitrogen functional groups attached to an aromatic ring is 1. The minimum absolute atomic E-state index is 0.00271. The Balaban J connectivity index is 1.56. The second-order valence-electron chi connectivity index (χ2n) is 9.76. The number of hydrogen-bond donors (Lipinski definition) is 3. The molecule has 0 spiro atoms. The molecule has 2 aromatic carbocycles. The first kappa shape index (κ1) is 30.6. The number of amides is 2. The van der Waals surface area contributed by atoms with E-state index in [-0.39, 0.29) is 17.2 Å². The number of thiazole rings is 1. The summed E-state index contributed by atoms with van der Waals surface area (Å²) in [4.78, 5) is 48.6. The van der Waals surface area contributed by atoms with E-state index < -0.39 is 57.6 Å². The number of ether oxygens (including phenoxy) is 1. The summed E-state index contributed by atoms with van der Waals surface area (Å²) >= 11 is 1.01. The zero-order valence-electron chi connectivity index (χ0n) is 22.8. The SMILES string of the molecule is CC[C@@H]1[C@@H](NC(=O)/C(=N\OC(C)(C)C(=O)OC(c2ccccc2)c2ccccc2)c2csc(N)n2)C(=O)N1S(=O)(=O)O. The number of rotatable bonds is 11. The highest BCUT2D eigenvalue weighted by molar-refractivity contribution is 7.84. The lowest BCUT2D eigenvalue weighted by Gasteiger charge is -2.43. The monoisotopic (exact) mass is 615 g/mol. The van der Waals surface area contributed by atoms with Gasteiger partial charge in [0.15, 0.2) is 16.9 Å². The highest BCUT2D eigenvalue weighted by Gasteiger charge is 2.53. The number of esters is 1. The fraction of sp³-hybridized carbons (Fsp3) is 0.296. The average molecular weight is 616 g/mol. The number of β-lactam (4-membered cyclic amide) rings is 1. The highest BCUT2D eigenvalue weighted by atomic mass is 32.2. The summed E-state index contributed by atoms with van der Waals surface area (Å²) in [6, 6.07) is 16.0. The van der Waals surface area contributed by atoms with Crippen LogP contribution in [0.2, 0.25) is 0 Å². The summed E-state index contributed by atoms with van der Waals surface area (Å²) in [6.07, 6.45) is -0.638. The van der Waals surface area contributed by atoms with E-state index in [2.05, 4.69) is 15.5 Å². The number of carbonyl (C=O) groups excluding carboxylic acids is 3. The molecule has 13 nitrogen and oxygen atoms in total. The number of anilines is 1. The molecule has 0 bridgehead atoms. The standard InChI is InChI=1S/C27H29N5O8S2/c1-4-19-21(24(34)32(19)42(36,37)38)30-23(33)20(18-15-41-26(28)29-18)31-40-27(2,3)25(35)39-22(16-11-7-5-8-12-16)17-13-9-6-10-14-17/h5-15,19,21-22H,4H2,1-3H3,(H2,28,29)(H,30,33)(H,36,37,38)/b31-20-/t19-,21-/m1/s1. The Morgan fingerprint density at radius 1 is 1.14 bits per heavy atom. The third-order valence-corrected chi connectivity index (χ3v) is 8.01. The Labute approximate surface area is 246 Å². The molecule has 0 saturated carbocycles. The molecule has 3 aromatic rings. The topological polar surface area (TPSA) is 191 Å². The van der Waals surface area contributed by atoms with Gasteiger partial charge in [-0.1, -0.05) is 72.7 Å². The molecule has 2 atom stereocenters. The first-order valence-electron chi connectivity index (χ1n) is 12.7. The van der Waals surface area contributed by atoms with Gasteiger partial charge in [-0.2, -0.15) is 8.42 Å². The molecule has 1 fully saturated rings. The van der Waals surface area contributed by atoms with Crippen LogP contribution >= 0.6 is 11.3 Å². The van der Waals surface area contributed by atoms with E-state index in [1.807, 2.05) is 60.7 Å². The minimum atomic E-state index is -4.80. The summed E-state index contributed by atoms with van der Waals surface area (Å²) in [7, 11) is -4.80. The maximum atomic E-state index is 13.4. The van der Waals surface area contributed by atoms with Gasteiger partial charge in [0.2, 0.25) is 5.60 Å². The predicted molar refractivity (Wildman–Crippen MR) is 153 cm³/mol. The van der Waals surface area contributed by atoms with Gasteiger partial charge in [0.05, 0.1) is 6.04 Å². The van der Waals surface area contributed by atoms with Crippen LogP contribution in [0.4, 0.5) is 5.13 Å². The number of nitrogens with two attached hydrogens (primary N) is 1. The molecule has 15 heteroatoms. The Morgan fingerprint density at radius 3 is 2.19 bits per heavy atom. The predicted octanol–water partition coefficient (Wildman–Crippen LogP) is 2.47. The number of carbonyl (C=O) groups is 3. The van der Waals surface area contributed by atoms with Crippen molar-refractivity contribution in [1.29, 1.82) is 0 Å². The molecule has 1 aliphatic rings.